The Morgan fingerprint density at radius 2 is 1.27 bits per heavy atom. The molecule has 5 nitrogen and oxygen atoms in total. The molecule has 3 aromatic heterocycles. The van der Waals surface area contributed by atoms with Gasteiger partial charge in [0.05, 0.1) is 28.1 Å². The molecule has 1 aliphatic rings. The first-order valence-electron chi connectivity index (χ1n) is 27.2. The second kappa shape index (κ2) is 20.4. The maximum absolute atomic E-state index is 7.57. The monoisotopic (exact) mass is 1270 g/mol. The number of thiophene rings is 1. The smallest absolute Gasteiger partial charge is 0.476 e. The zero-order chi connectivity index (χ0) is 52.7. The van der Waals surface area contributed by atoms with Crippen molar-refractivity contribution in [1.82, 2.24) is 9.88 Å². The van der Waals surface area contributed by atoms with E-state index >= 15 is 0 Å². The number of benzene rings is 11. The summed E-state index contributed by atoms with van der Waals surface area (Å²) in [6, 6.07) is 89.0. The summed E-state index contributed by atoms with van der Waals surface area (Å²) in [4.78, 5) is 5.57. The van der Waals surface area contributed by atoms with Crippen molar-refractivity contribution in [2.24, 2.45) is 10.7 Å². The van der Waals surface area contributed by atoms with Crippen LogP contribution in [-0.4, -0.2) is 16.9 Å². The van der Waals surface area contributed by atoms with Crippen LogP contribution in [0.5, 0.6) is 0 Å². The number of aliphatic imine (C=N–C) groups is 1. The van der Waals surface area contributed by atoms with Crippen LogP contribution < -0.4 is 11.1 Å². The number of rotatable bonds is 10. The first kappa shape index (κ1) is 50.0. The van der Waals surface area contributed by atoms with Gasteiger partial charge >= 0.3 is 31.1 Å². The van der Waals surface area contributed by atoms with E-state index in [9.17, 15) is 0 Å². The molecule has 3 N–H and O–H groups in total. The quantitative estimate of drug-likeness (QED) is 0.0814. The molecule has 11 aromatic carbocycles. The average molecular weight is 1270 g/mol. The fraction of sp³-hybridized carbons (Fsp3) is 0.0822. The van der Waals surface area contributed by atoms with Crippen molar-refractivity contribution >= 4 is 81.1 Å². The van der Waals surface area contributed by atoms with Crippen LogP contribution >= 0.6 is 11.3 Å². The van der Waals surface area contributed by atoms with Gasteiger partial charge in [0.25, 0.3) is 0 Å². The summed E-state index contributed by atoms with van der Waals surface area (Å²) in [6.07, 6.45) is 0. The van der Waals surface area contributed by atoms with Gasteiger partial charge in [-0.25, -0.2) is 11.1 Å². The molecule has 3 heterocycles. The van der Waals surface area contributed by atoms with Crippen molar-refractivity contribution in [1.29, 1.82) is 0 Å². The van der Waals surface area contributed by atoms with E-state index < -0.39 is 6.04 Å². The molecule has 14 aromatic rings. The van der Waals surface area contributed by atoms with E-state index in [-0.39, 0.29) is 37.2 Å². The summed E-state index contributed by atoms with van der Waals surface area (Å²) in [5, 5.41) is 10.7. The Balaban J connectivity index is 0.00000577. The van der Waals surface area contributed by atoms with E-state index in [1.54, 1.807) is 0 Å². The Kier molecular flexibility index (Phi) is 12.8. The molecule has 0 saturated carbocycles. The number of furan rings is 1. The van der Waals surface area contributed by atoms with Gasteiger partial charge in [-0.2, -0.15) is 30.3 Å². The first-order valence-corrected chi connectivity index (χ1v) is 28.0. The van der Waals surface area contributed by atoms with Crippen molar-refractivity contribution in [2.75, 3.05) is 6.54 Å². The molecular formula is C73H52N4OSU. The number of para-hydroxylation sites is 1. The van der Waals surface area contributed by atoms with E-state index in [2.05, 4.69) is 248 Å². The van der Waals surface area contributed by atoms with Crippen molar-refractivity contribution < 1.29 is 35.5 Å². The predicted molar refractivity (Wildman–Crippen MR) is 331 cm³/mol. The largest absolute Gasteiger partial charge is 2.00 e. The van der Waals surface area contributed by atoms with Crippen molar-refractivity contribution in [3.8, 4) is 50.2 Å². The number of nitrogens with two attached hydrogens (primary N) is 1. The van der Waals surface area contributed by atoms with Gasteiger partial charge in [-0.3, -0.25) is 4.99 Å². The van der Waals surface area contributed by atoms with E-state index in [0.717, 1.165) is 99.8 Å². The van der Waals surface area contributed by atoms with Crippen molar-refractivity contribution in [3.63, 3.8) is 0 Å². The Bertz CT molecular complexity index is 4670. The number of nitrogens with zero attached hydrogens (tertiary/aromatic N) is 2. The molecule has 15 rings (SSSR count). The number of hydrogen-bond donors (Lipinski definition) is 2. The molecule has 0 saturated heterocycles. The van der Waals surface area contributed by atoms with Crippen molar-refractivity contribution in [2.45, 2.75) is 31.8 Å². The van der Waals surface area contributed by atoms with E-state index in [4.69, 9.17) is 15.1 Å². The maximum atomic E-state index is 7.57. The van der Waals surface area contributed by atoms with Gasteiger partial charge in [0, 0.05) is 66.3 Å². The van der Waals surface area contributed by atoms with Crippen LogP contribution in [0.3, 0.4) is 0 Å². The third-order valence-corrected chi connectivity index (χ3v) is 17.5. The third-order valence-electron chi connectivity index (χ3n) is 16.4. The molecule has 7 heteroatoms. The van der Waals surface area contributed by atoms with Gasteiger partial charge in [0.1, 0.15) is 11.4 Å². The fourth-order valence-electron chi connectivity index (χ4n) is 12.4. The Morgan fingerprint density at radius 3 is 2.06 bits per heavy atom. The van der Waals surface area contributed by atoms with Gasteiger partial charge in [-0.05, 0) is 93.2 Å². The molecule has 0 spiro atoms. The summed E-state index contributed by atoms with van der Waals surface area (Å²) in [6.45, 7) is 4.96. The minimum atomic E-state index is -0.421. The number of nitrogens with one attached hydrogen (secondary N) is 1. The number of hydrogen-bond acceptors (Lipinski definition) is 4. The molecular weight excluding hydrogens is 1220 g/mol. The Labute approximate surface area is 492 Å². The zero-order valence-electron chi connectivity index (χ0n) is 44.2. The summed E-state index contributed by atoms with van der Waals surface area (Å²) < 4.78 is 11.9. The van der Waals surface area contributed by atoms with E-state index in [0.29, 0.717) is 12.5 Å². The van der Waals surface area contributed by atoms with E-state index in [1.807, 2.05) is 29.5 Å². The number of fused-ring (bicyclic) bond motifs is 13. The summed E-state index contributed by atoms with van der Waals surface area (Å²) in [7, 11) is 0. The molecule has 1 aliphatic carbocycles. The zero-order valence-corrected chi connectivity index (χ0v) is 49.1. The third kappa shape index (κ3) is 8.42. The van der Waals surface area contributed by atoms with Gasteiger partial charge in [-0.1, -0.05) is 170 Å². The molecule has 380 valence electrons. The fourth-order valence-corrected chi connectivity index (χ4v) is 13.5. The second-order valence-electron chi connectivity index (χ2n) is 21.0. The molecule has 0 aliphatic heterocycles. The van der Waals surface area contributed by atoms with Gasteiger partial charge < -0.3 is 20.0 Å². The van der Waals surface area contributed by atoms with Crippen LogP contribution in [0.1, 0.15) is 59.7 Å². The standard InChI is InChI=1S/C73H52N4OS.U/c1-44-53-24-12-13-25-54(53)55-33-30-49(38-61(44)55)45(2)76-73(51-32-35-58-57-26-15-17-29-68(57)79-69(58)42-51)75-43-64(74)52-39-62(47-20-8-4-9-21-47)71(63(40-52)48-22-10-5-11-23-48)77-65-28-16-14-27-60(65)70-66(77)37-36-59-56-34-31-50(41-67(56)78-72(59)70)46-18-6-3-7-19-46;/h3-18,20-30,32-42,44-45,64H,43,74H2,1-2H3,(H,75,76);/q-2;+2/t44-,45?,64?;/m0./s1. The van der Waals surface area contributed by atoms with Crippen LogP contribution in [-0.2, 0) is 0 Å². The molecule has 0 fully saturated rings. The van der Waals surface area contributed by atoms with Crippen LogP contribution in [0, 0.1) is 43.2 Å². The maximum Gasteiger partial charge on any atom is 2.00 e. The van der Waals surface area contributed by atoms with Gasteiger partial charge in [-0.15, -0.1) is 29.5 Å². The summed E-state index contributed by atoms with van der Waals surface area (Å²) in [5.74, 6) is 1.13. The number of amidine groups is 1. The SMILES string of the molecule is CC(N=C(NCC(N)c1cc(-c2ccccc2)c(-n2c3ccccc3c3c4oc5cc(-c6[c-]cccc6)[c-]cc5c4ccc32)c(-c2ccccc2)c1)c1ccc2c(c1)sc1ccccc12)c1ccc2c(c1)[C@@H](C)c1ccccc1-2.[U+2]. The molecule has 2 unspecified atom stereocenters. The normalized spacial score (nSPS) is 14.0. The van der Waals surface area contributed by atoms with Crippen LogP contribution in [0.4, 0.5) is 0 Å². The summed E-state index contributed by atoms with van der Waals surface area (Å²) in [5.41, 5.74) is 27.3. The molecule has 80 heavy (non-hydrogen) atoms. The van der Waals surface area contributed by atoms with Crippen LogP contribution in [0.25, 0.3) is 114 Å². The molecule has 3 atom stereocenters. The minimum Gasteiger partial charge on any atom is -0.476 e. The van der Waals surface area contributed by atoms with E-state index in [1.165, 1.54) is 48.0 Å². The molecule has 0 amide bonds. The topological polar surface area (TPSA) is 68.5 Å². The van der Waals surface area contributed by atoms with Gasteiger partial charge in [0.2, 0.25) is 0 Å². The number of aromatic nitrogens is 1. The minimum absolute atomic E-state index is 0. The van der Waals surface area contributed by atoms with Gasteiger partial charge in [0.15, 0.2) is 0 Å². The van der Waals surface area contributed by atoms with Crippen molar-refractivity contribution in [3.05, 3.63) is 270 Å². The first-order chi connectivity index (χ1) is 38.9. The Morgan fingerprint density at radius 1 is 0.588 bits per heavy atom. The summed E-state index contributed by atoms with van der Waals surface area (Å²) >= 11 is 1.82. The Hall–Kier alpha value is -8.28. The second-order valence-corrected chi connectivity index (χ2v) is 22.1. The van der Waals surface area contributed by atoms with Crippen LogP contribution in [0.15, 0.2) is 240 Å². The molecule has 0 radical (unpaired) electrons. The predicted octanol–water partition coefficient (Wildman–Crippen LogP) is 18.6. The molecule has 0 bridgehead atoms. The average Bonchev–Trinajstić information content (AvgIpc) is 4.43. The van der Waals surface area contributed by atoms with Crippen LogP contribution in [0.2, 0.25) is 0 Å².